The Hall–Kier alpha value is -3.26. The molecule has 0 spiro atoms. The number of fused-ring (bicyclic) bond motifs is 2. The fraction of sp³-hybridized carbons (Fsp3) is 0.391. The van der Waals surface area contributed by atoms with Crippen LogP contribution >= 0.6 is 0 Å². The van der Waals surface area contributed by atoms with Crippen molar-refractivity contribution in [3.05, 3.63) is 54.5 Å². The van der Waals surface area contributed by atoms with Gasteiger partial charge in [-0.15, -0.1) is 10.2 Å². The highest BCUT2D eigenvalue weighted by atomic mass is 16.2. The van der Waals surface area contributed by atoms with Gasteiger partial charge in [0, 0.05) is 12.1 Å². The molecule has 1 N–H and O–H groups in total. The number of anilines is 2. The molecular weight excluding hydrogens is 392 g/mol. The Balaban J connectivity index is 1.29. The van der Waals surface area contributed by atoms with Crippen molar-refractivity contribution in [2.75, 3.05) is 29.9 Å². The molecule has 3 aromatic rings. The first-order valence-electron chi connectivity index (χ1n) is 10.7. The van der Waals surface area contributed by atoms with Gasteiger partial charge in [-0.25, -0.2) is 0 Å². The van der Waals surface area contributed by atoms with Crippen LogP contribution in [-0.4, -0.2) is 56.5 Å². The third-order valence-corrected chi connectivity index (χ3v) is 6.41. The first-order valence-corrected chi connectivity index (χ1v) is 10.7. The van der Waals surface area contributed by atoms with E-state index in [9.17, 15) is 9.59 Å². The topological polar surface area (TPSA) is 82.8 Å². The van der Waals surface area contributed by atoms with Gasteiger partial charge in [-0.1, -0.05) is 18.2 Å². The lowest BCUT2D eigenvalue weighted by atomic mass is 9.94. The SMILES string of the molecule is CC1(C)C(=O)Nc2ccccc2N1C(=O)CN1CCC(c2nnc3ccccn23)CC1. The minimum atomic E-state index is -0.940. The molecule has 0 saturated carbocycles. The summed E-state index contributed by atoms with van der Waals surface area (Å²) in [6.07, 6.45) is 3.84. The largest absolute Gasteiger partial charge is 0.322 e. The Labute approximate surface area is 180 Å². The van der Waals surface area contributed by atoms with E-state index in [0.717, 1.165) is 43.1 Å². The summed E-state index contributed by atoms with van der Waals surface area (Å²) in [6.45, 7) is 5.48. The average molecular weight is 419 g/mol. The quantitative estimate of drug-likeness (QED) is 0.707. The van der Waals surface area contributed by atoms with Crippen LogP contribution < -0.4 is 10.2 Å². The molecule has 2 aliphatic heterocycles. The van der Waals surface area contributed by atoms with Gasteiger partial charge >= 0.3 is 0 Å². The van der Waals surface area contributed by atoms with E-state index in [1.807, 2.05) is 48.7 Å². The van der Waals surface area contributed by atoms with Crippen LogP contribution in [0.3, 0.4) is 0 Å². The summed E-state index contributed by atoms with van der Waals surface area (Å²) in [6, 6.07) is 13.4. The van der Waals surface area contributed by atoms with Crippen LogP contribution in [-0.2, 0) is 9.59 Å². The van der Waals surface area contributed by atoms with Crippen molar-refractivity contribution in [1.82, 2.24) is 19.5 Å². The van der Waals surface area contributed by atoms with Crippen LogP contribution in [0.15, 0.2) is 48.7 Å². The van der Waals surface area contributed by atoms with Gasteiger partial charge in [-0.05, 0) is 64.0 Å². The van der Waals surface area contributed by atoms with E-state index in [1.54, 1.807) is 18.7 Å². The van der Waals surface area contributed by atoms with Crippen LogP contribution in [0.4, 0.5) is 11.4 Å². The average Bonchev–Trinajstić information content (AvgIpc) is 3.19. The van der Waals surface area contributed by atoms with Crippen LogP contribution in [0, 0.1) is 0 Å². The molecule has 8 nitrogen and oxygen atoms in total. The molecule has 0 atom stereocenters. The number of hydrogen-bond acceptors (Lipinski definition) is 5. The van der Waals surface area contributed by atoms with E-state index < -0.39 is 5.54 Å². The number of para-hydroxylation sites is 2. The number of piperidine rings is 1. The second-order valence-corrected chi connectivity index (χ2v) is 8.80. The van der Waals surface area contributed by atoms with E-state index >= 15 is 0 Å². The van der Waals surface area contributed by atoms with Gasteiger partial charge in [0.05, 0.1) is 17.9 Å². The standard InChI is InChI=1S/C23H26N6O2/c1-23(2)22(31)24-17-7-3-4-8-18(17)29(23)20(30)15-27-13-10-16(11-14-27)21-26-25-19-9-5-6-12-28(19)21/h3-9,12,16H,10-11,13-15H2,1-2H3,(H,24,31). The van der Waals surface area contributed by atoms with Crippen LogP contribution in [0.2, 0.25) is 0 Å². The number of rotatable bonds is 3. The number of amides is 2. The molecule has 2 aliphatic rings. The number of aromatic nitrogens is 3. The van der Waals surface area contributed by atoms with Crippen molar-refractivity contribution in [1.29, 1.82) is 0 Å². The Morgan fingerprint density at radius 1 is 1.10 bits per heavy atom. The predicted octanol–water partition coefficient (Wildman–Crippen LogP) is 2.67. The molecular formula is C23H26N6O2. The lowest BCUT2D eigenvalue weighted by molar-refractivity contribution is -0.127. The zero-order chi connectivity index (χ0) is 21.6. The summed E-state index contributed by atoms with van der Waals surface area (Å²) in [5, 5.41) is 11.6. The number of carbonyl (C=O) groups excluding carboxylic acids is 2. The number of carbonyl (C=O) groups is 2. The molecule has 0 radical (unpaired) electrons. The normalized spacial score (nSPS) is 19.3. The highest BCUT2D eigenvalue weighted by Gasteiger charge is 2.43. The van der Waals surface area contributed by atoms with Crippen molar-refractivity contribution in [2.45, 2.75) is 38.1 Å². The number of likely N-dealkylation sites (tertiary alicyclic amines) is 1. The van der Waals surface area contributed by atoms with Crippen LogP contribution in [0.1, 0.15) is 38.4 Å². The molecule has 0 bridgehead atoms. The Bertz CT molecular complexity index is 1150. The molecule has 2 amide bonds. The molecule has 8 heteroatoms. The van der Waals surface area contributed by atoms with Crippen LogP contribution in [0.25, 0.3) is 5.65 Å². The fourth-order valence-corrected chi connectivity index (χ4v) is 4.65. The zero-order valence-corrected chi connectivity index (χ0v) is 17.8. The first kappa shape index (κ1) is 19.7. The molecule has 4 heterocycles. The minimum absolute atomic E-state index is 0.0568. The van der Waals surface area contributed by atoms with Gasteiger partial charge in [0.15, 0.2) is 5.65 Å². The third kappa shape index (κ3) is 3.37. The van der Waals surface area contributed by atoms with Crippen LogP contribution in [0.5, 0.6) is 0 Å². The Morgan fingerprint density at radius 2 is 1.84 bits per heavy atom. The highest BCUT2D eigenvalue weighted by Crippen LogP contribution is 2.37. The summed E-state index contributed by atoms with van der Waals surface area (Å²) < 4.78 is 2.05. The summed E-state index contributed by atoms with van der Waals surface area (Å²) in [7, 11) is 0. The molecule has 1 fully saturated rings. The second-order valence-electron chi connectivity index (χ2n) is 8.80. The van der Waals surface area contributed by atoms with Crippen molar-refractivity contribution in [2.24, 2.45) is 0 Å². The van der Waals surface area contributed by atoms with Gasteiger partial charge < -0.3 is 5.32 Å². The predicted molar refractivity (Wildman–Crippen MR) is 118 cm³/mol. The smallest absolute Gasteiger partial charge is 0.250 e. The minimum Gasteiger partial charge on any atom is -0.322 e. The number of benzene rings is 1. The van der Waals surface area contributed by atoms with E-state index in [0.29, 0.717) is 18.2 Å². The molecule has 160 valence electrons. The van der Waals surface area contributed by atoms with Gasteiger partial charge in [0.1, 0.15) is 11.4 Å². The maximum absolute atomic E-state index is 13.4. The van der Waals surface area contributed by atoms with Crippen molar-refractivity contribution < 1.29 is 9.59 Å². The van der Waals surface area contributed by atoms with Gasteiger partial charge in [0.2, 0.25) is 11.8 Å². The van der Waals surface area contributed by atoms with E-state index in [4.69, 9.17) is 0 Å². The van der Waals surface area contributed by atoms with Gasteiger partial charge in [0.25, 0.3) is 0 Å². The Kier molecular flexibility index (Phi) is 4.74. The molecule has 2 aromatic heterocycles. The maximum Gasteiger partial charge on any atom is 0.250 e. The van der Waals surface area contributed by atoms with Crippen molar-refractivity contribution >= 4 is 28.8 Å². The summed E-state index contributed by atoms with van der Waals surface area (Å²) in [5.74, 6) is 1.08. The van der Waals surface area contributed by atoms with Crippen molar-refractivity contribution in [3.8, 4) is 0 Å². The lowest BCUT2D eigenvalue weighted by Gasteiger charge is -2.43. The number of nitrogens with one attached hydrogen (secondary N) is 1. The lowest BCUT2D eigenvalue weighted by Crippen LogP contribution is -2.60. The molecule has 1 aromatic carbocycles. The number of hydrogen-bond donors (Lipinski definition) is 1. The summed E-state index contributed by atoms with van der Waals surface area (Å²) in [5.41, 5.74) is 1.35. The Morgan fingerprint density at radius 3 is 2.65 bits per heavy atom. The molecule has 0 unspecified atom stereocenters. The molecule has 1 saturated heterocycles. The number of nitrogens with zero attached hydrogens (tertiary/aromatic N) is 5. The summed E-state index contributed by atoms with van der Waals surface area (Å²) in [4.78, 5) is 29.8. The summed E-state index contributed by atoms with van der Waals surface area (Å²) >= 11 is 0. The highest BCUT2D eigenvalue weighted by molar-refractivity contribution is 6.14. The van der Waals surface area contributed by atoms with Gasteiger partial charge in [-0.3, -0.25) is 23.8 Å². The van der Waals surface area contributed by atoms with E-state index in [-0.39, 0.29) is 11.8 Å². The number of pyridine rings is 1. The van der Waals surface area contributed by atoms with Crippen molar-refractivity contribution in [3.63, 3.8) is 0 Å². The second kappa shape index (κ2) is 7.46. The fourth-order valence-electron chi connectivity index (χ4n) is 4.65. The van der Waals surface area contributed by atoms with E-state index in [1.165, 1.54) is 0 Å². The first-order chi connectivity index (χ1) is 14.9. The molecule has 0 aliphatic carbocycles. The third-order valence-electron chi connectivity index (χ3n) is 6.41. The van der Waals surface area contributed by atoms with E-state index in [2.05, 4.69) is 24.8 Å². The molecule has 5 rings (SSSR count). The van der Waals surface area contributed by atoms with Gasteiger partial charge in [-0.2, -0.15) is 0 Å². The zero-order valence-electron chi connectivity index (χ0n) is 17.8. The molecule has 31 heavy (non-hydrogen) atoms. The maximum atomic E-state index is 13.4. The monoisotopic (exact) mass is 418 g/mol.